The summed E-state index contributed by atoms with van der Waals surface area (Å²) in [6, 6.07) is 24.3. The van der Waals surface area contributed by atoms with Crippen molar-refractivity contribution in [1.82, 2.24) is 15.5 Å². The van der Waals surface area contributed by atoms with Crippen LogP contribution in [0, 0.1) is 52.3 Å². The summed E-state index contributed by atoms with van der Waals surface area (Å²) in [5, 5.41) is 5.53. The molecule has 0 aromatic heterocycles. The van der Waals surface area contributed by atoms with Crippen LogP contribution in [0.5, 0.6) is 11.5 Å². The molecule has 1 aliphatic heterocycles. The minimum Gasteiger partial charge on any atom is -0.497 e. The summed E-state index contributed by atoms with van der Waals surface area (Å²) in [6.07, 6.45) is 16.5. The molecule has 1 heterocycles. The van der Waals surface area contributed by atoms with E-state index in [1.165, 1.54) is 64.0 Å². The van der Waals surface area contributed by atoms with Gasteiger partial charge >= 0.3 is 12.1 Å². The van der Waals surface area contributed by atoms with E-state index in [2.05, 4.69) is 51.3 Å². The minimum absolute atomic E-state index is 0.0292. The Morgan fingerprint density at radius 1 is 0.714 bits per heavy atom. The second-order valence-electron chi connectivity index (χ2n) is 24.3. The van der Waals surface area contributed by atoms with E-state index in [0.29, 0.717) is 65.3 Å². The number of carbonyl (C=O) groups excluding carboxylic acids is 5. The van der Waals surface area contributed by atoms with E-state index in [0.717, 1.165) is 48.9 Å². The average molecular weight is 1060 g/mol. The summed E-state index contributed by atoms with van der Waals surface area (Å²) in [4.78, 5) is 70.4. The standard InChI is InChI=1S/C65H89N3O9/c1-43(2)16-15-17-44(3)54-31-32-55-52-30-25-48-40-51(35-37-63(48,4)56(52)36-38-64(54,55)5)76-62(73)67-39-14-10-13-20-59(70)68-41-53(57(42-68)77-60(71)34-33-58(69)66-6)61(72)65(45-18-11-9-12-19-45,46-21-26-49(74-7)27-22-46)47-23-28-50(75-8)29-24-47/h9,11-12,18-19,21-29,43-44,51-57H,10,13-17,20,30-42H2,1-8H3,(H,66,69)(H,67,73)/t44-,51+,52?,53?,54-,55?,56?,57?,63+,64-/m1/s1. The Morgan fingerprint density at radius 3 is 2.04 bits per heavy atom. The highest BCUT2D eigenvalue weighted by molar-refractivity contribution is 6.00. The molecule has 3 aromatic rings. The van der Waals surface area contributed by atoms with Crippen molar-refractivity contribution < 1.29 is 42.9 Å². The number of hydrogen-bond donors (Lipinski definition) is 2. The number of Topliss-reactive ketones (excluding diaryl/α,β-unsaturated/α-hetero) is 1. The van der Waals surface area contributed by atoms with Gasteiger partial charge < -0.3 is 34.5 Å². The van der Waals surface area contributed by atoms with Crippen LogP contribution in [0.3, 0.4) is 0 Å². The number of esters is 1. The number of ether oxygens (including phenoxy) is 4. The van der Waals surface area contributed by atoms with E-state index < -0.39 is 23.4 Å². The molecular formula is C65H89N3O9. The van der Waals surface area contributed by atoms with Crippen LogP contribution >= 0.6 is 0 Å². The number of nitrogens with zero attached hydrogens (tertiary/aromatic N) is 1. The summed E-state index contributed by atoms with van der Waals surface area (Å²) >= 11 is 0. The molecule has 3 amide bonds. The van der Waals surface area contributed by atoms with Crippen molar-refractivity contribution in [1.29, 1.82) is 0 Å². The maximum atomic E-state index is 15.9. The Bertz CT molecular complexity index is 2480. The molecule has 8 rings (SSSR count). The molecule has 10 atom stereocenters. The van der Waals surface area contributed by atoms with Gasteiger partial charge in [0.05, 0.1) is 33.1 Å². The lowest BCUT2D eigenvalue weighted by atomic mass is 9.47. The highest BCUT2D eigenvalue weighted by atomic mass is 16.6. The molecule has 4 aliphatic carbocycles. The number of rotatable bonds is 23. The Kier molecular flexibility index (Phi) is 19.0. The first-order valence-electron chi connectivity index (χ1n) is 29.3. The molecule has 5 unspecified atom stereocenters. The smallest absolute Gasteiger partial charge is 0.407 e. The molecular weight excluding hydrogens is 967 g/mol. The van der Waals surface area contributed by atoms with Gasteiger partial charge in [-0.15, -0.1) is 0 Å². The zero-order valence-corrected chi connectivity index (χ0v) is 47.5. The molecule has 1 saturated heterocycles. The number of benzene rings is 3. The maximum Gasteiger partial charge on any atom is 0.407 e. The summed E-state index contributed by atoms with van der Waals surface area (Å²) in [6.45, 7) is 12.9. The summed E-state index contributed by atoms with van der Waals surface area (Å²) in [7, 11) is 4.68. The van der Waals surface area contributed by atoms with E-state index >= 15 is 4.79 Å². The highest BCUT2D eigenvalue weighted by Gasteiger charge is 2.59. The average Bonchev–Trinajstić information content (AvgIpc) is 4.11. The fraction of sp³-hybridized carbons (Fsp3) is 0.615. The third-order valence-electron chi connectivity index (χ3n) is 19.6. The van der Waals surface area contributed by atoms with Gasteiger partial charge in [-0.1, -0.05) is 127 Å². The number of allylic oxidation sites excluding steroid dienone is 1. The monoisotopic (exact) mass is 1060 g/mol. The van der Waals surface area contributed by atoms with Crippen molar-refractivity contribution in [2.45, 2.75) is 161 Å². The van der Waals surface area contributed by atoms with Crippen LogP contribution < -0.4 is 20.1 Å². The first kappa shape index (κ1) is 57.5. The van der Waals surface area contributed by atoms with E-state index in [4.69, 9.17) is 18.9 Å². The Hall–Kier alpha value is -5.65. The van der Waals surface area contributed by atoms with Crippen molar-refractivity contribution in [3.8, 4) is 11.5 Å². The van der Waals surface area contributed by atoms with Gasteiger partial charge in [-0.2, -0.15) is 0 Å². The van der Waals surface area contributed by atoms with Gasteiger partial charge in [0.2, 0.25) is 11.8 Å². The predicted octanol–water partition coefficient (Wildman–Crippen LogP) is 12.2. The molecule has 3 saturated carbocycles. The van der Waals surface area contributed by atoms with Gasteiger partial charge in [-0.3, -0.25) is 19.2 Å². The van der Waals surface area contributed by atoms with Crippen LogP contribution in [0.4, 0.5) is 4.79 Å². The number of nitrogens with one attached hydrogen (secondary N) is 2. The first-order valence-corrected chi connectivity index (χ1v) is 29.3. The van der Waals surface area contributed by atoms with Crippen LogP contribution in [0.1, 0.15) is 160 Å². The Balaban J connectivity index is 0.861. The summed E-state index contributed by atoms with van der Waals surface area (Å²) in [5.41, 5.74) is 2.81. The predicted molar refractivity (Wildman–Crippen MR) is 300 cm³/mol. The number of carbonyl (C=O) groups is 5. The van der Waals surface area contributed by atoms with Gasteiger partial charge in [0.1, 0.15) is 29.1 Å². The van der Waals surface area contributed by atoms with Crippen LogP contribution in [-0.4, -0.2) is 87.7 Å². The van der Waals surface area contributed by atoms with E-state index in [1.807, 2.05) is 78.9 Å². The number of amides is 3. The van der Waals surface area contributed by atoms with Gasteiger partial charge in [0.15, 0.2) is 5.78 Å². The largest absolute Gasteiger partial charge is 0.497 e. The molecule has 418 valence electrons. The van der Waals surface area contributed by atoms with Gasteiger partial charge in [-0.05, 0) is 145 Å². The van der Waals surface area contributed by atoms with Crippen LogP contribution in [0.25, 0.3) is 0 Å². The minimum atomic E-state index is -1.40. The number of hydrogen-bond acceptors (Lipinski definition) is 9. The molecule has 0 bridgehead atoms. The molecule has 4 fully saturated rings. The molecule has 12 heteroatoms. The van der Waals surface area contributed by atoms with Crippen LogP contribution in [0.15, 0.2) is 90.5 Å². The number of alkyl carbamates (subject to hydrolysis) is 1. The zero-order valence-electron chi connectivity index (χ0n) is 47.5. The Labute approximate surface area is 459 Å². The third-order valence-corrected chi connectivity index (χ3v) is 19.6. The molecule has 2 N–H and O–H groups in total. The lowest BCUT2D eigenvalue weighted by Crippen LogP contribution is -2.51. The number of likely N-dealkylation sites (tertiary alicyclic amines) is 1. The van der Waals surface area contributed by atoms with Gasteiger partial charge in [0.25, 0.3) is 0 Å². The van der Waals surface area contributed by atoms with Crippen molar-refractivity contribution in [3.63, 3.8) is 0 Å². The third kappa shape index (κ3) is 12.5. The molecule has 0 spiro atoms. The summed E-state index contributed by atoms with van der Waals surface area (Å²) in [5.74, 6) is 3.73. The summed E-state index contributed by atoms with van der Waals surface area (Å²) < 4.78 is 23.2. The molecule has 3 aromatic carbocycles. The number of fused-ring (bicyclic) bond motifs is 5. The van der Waals surface area contributed by atoms with E-state index in [9.17, 15) is 19.2 Å². The molecule has 12 nitrogen and oxygen atoms in total. The maximum absolute atomic E-state index is 15.9. The van der Waals surface area contributed by atoms with Crippen LogP contribution in [-0.2, 0) is 34.1 Å². The number of unbranched alkanes of at least 4 members (excludes halogenated alkanes) is 2. The van der Waals surface area contributed by atoms with Gasteiger partial charge in [0, 0.05) is 39.4 Å². The van der Waals surface area contributed by atoms with Gasteiger partial charge in [-0.25, -0.2) is 4.79 Å². The quantitative estimate of drug-likeness (QED) is 0.0409. The van der Waals surface area contributed by atoms with E-state index in [-0.39, 0.29) is 67.6 Å². The van der Waals surface area contributed by atoms with Crippen molar-refractivity contribution in [2.75, 3.05) is 40.9 Å². The molecule has 0 radical (unpaired) electrons. The van der Waals surface area contributed by atoms with Crippen molar-refractivity contribution in [3.05, 3.63) is 107 Å². The lowest BCUT2D eigenvalue weighted by Gasteiger charge is -2.58. The topological polar surface area (TPSA) is 150 Å². The SMILES string of the molecule is CNC(=O)CCC(=O)OC1CN(C(=O)CCCCCNC(=O)O[C@H]2CC[C@@]3(C)C(=CCC4C3CC[C@@]3(C)C4CC[C@@H]3[C@H](C)CCCC(C)C)C2)CC1C(=O)C(c1ccccc1)(c1ccc(OC)cc1)c1ccc(OC)cc1. The highest BCUT2D eigenvalue weighted by Crippen LogP contribution is 2.67. The lowest BCUT2D eigenvalue weighted by molar-refractivity contribution is -0.153. The zero-order chi connectivity index (χ0) is 54.9. The Morgan fingerprint density at radius 2 is 1.39 bits per heavy atom. The normalized spacial score (nSPS) is 27.1. The fourth-order valence-electron chi connectivity index (χ4n) is 15.4. The van der Waals surface area contributed by atoms with Crippen LogP contribution in [0.2, 0.25) is 0 Å². The first-order chi connectivity index (χ1) is 37.0. The second-order valence-corrected chi connectivity index (χ2v) is 24.3. The molecule has 5 aliphatic rings. The van der Waals surface area contributed by atoms with Crippen molar-refractivity contribution in [2.24, 2.45) is 52.3 Å². The fourth-order valence-corrected chi connectivity index (χ4v) is 15.4. The number of ketones is 1. The van der Waals surface area contributed by atoms with E-state index in [1.54, 1.807) is 19.1 Å². The second kappa shape index (κ2) is 25.4. The van der Waals surface area contributed by atoms with Crippen molar-refractivity contribution >= 4 is 29.7 Å². The molecule has 77 heavy (non-hydrogen) atoms. The number of methoxy groups -OCH3 is 2.